The van der Waals surface area contributed by atoms with E-state index in [0.717, 1.165) is 12.8 Å². The van der Waals surface area contributed by atoms with Gasteiger partial charge in [-0.2, -0.15) is 0 Å². The van der Waals surface area contributed by atoms with E-state index in [1.807, 2.05) is 47.6 Å². The van der Waals surface area contributed by atoms with Crippen LogP contribution in [0.1, 0.15) is 85.1 Å². The summed E-state index contributed by atoms with van der Waals surface area (Å²) in [6, 6.07) is 0. The second kappa shape index (κ2) is 16.3. The second-order valence-corrected chi connectivity index (χ2v) is 9.54. The van der Waals surface area contributed by atoms with E-state index in [1.165, 1.54) is 18.1 Å². The van der Waals surface area contributed by atoms with Crippen LogP contribution in [0, 0.1) is 0 Å². The Balaban J connectivity index is 0. The third-order valence-corrected chi connectivity index (χ3v) is 6.26. The average Bonchev–Trinajstić information content (AvgIpc) is 3.38. The molecule has 2 rings (SSSR count). The summed E-state index contributed by atoms with van der Waals surface area (Å²) in [5, 5.41) is 12.0. The van der Waals surface area contributed by atoms with Crippen molar-refractivity contribution < 1.29 is 24.1 Å². The molecule has 1 saturated heterocycles. The van der Waals surface area contributed by atoms with Gasteiger partial charge >= 0.3 is 0 Å². The first kappa shape index (κ1) is 30.8. The summed E-state index contributed by atoms with van der Waals surface area (Å²) in [4.78, 5) is 25.2. The average molecular weight is 450 g/mol. The number of aliphatic hydroxyl groups excluding tert-OH is 1. The van der Waals surface area contributed by atoms with Gasteiger partial charge in [0.1, 0.15) is 17.8 Å². The van der Waals surface area contributed by atoms with E-state index in [0.29, 0.717) is 0 Å². The van der Waals surface area contributed by atoms with Gasteiger partial charge in [0.2, 0.25) is 5.82 Å². The molecule has 0 aliphatic carbocycles. The third kappa shape index (κ3) is 11.1. The molecular formula is C20H42N4O5P+. The molecule has 0 bridgehead atoms. The fourth-order valence-corrected chi connectivity index (χ4v) is 3.50. The Kier molecular flexibility index (Phi) is 16.8. The van der Waals surface area contributed by atoms with Gasteiger partial charge in [-0.3, -0.25) is 4.79 Å². The number of nitrogens with two attached hydrogens (primary N) is 1. The Morgan fingerprint density at radius 3 is 2.23 bits per heavy atom. The lowest BCUT2D eigenvalue weighted by Crippen LogP contribution is -2.15. The number of ether oxygens (including phenoxy) is 1. The van der Waals surface area contributed by atoms with Crippen LogP contribution in [0.15, 0.2) is 18.2 Å². The zero-order valence-corrected chi connectivity index (χ0v) is 20.8. The van der Waals surface area contributed by atoms with Crippen LogP contribution >= 0.6 is 7.72 Å². The van der Waals surface area contributed by atoms with Crippen LogP contribution in [0.5, 0.6) is 0 Å². The summed E-state index contributed by atoms with van der Waals surface area (Å²) in [5.41, 5.74) is 5.15. The highest BCUT2D eigenvalue weighted by atomic mass is 31.2. The van der Waals surface area contributed by atoms with Gasteiger partial charge in [0.25, 0.3) is 13.6 Å². The Morgan fingerprint density at radius 1 is 1.30 bits per heavy atom. The highest BCUT2D eigenvalue weighted by molar-refractivity contribution is 7.69. The van der Waals surface area contributed by atoms with Crippen molar-refractivity contribution >= 4 is 13.6 Å². The van der Waals surface area contributed by atoms with Gasteiger partial charge in [-0.1, -0.05) is 27.7 Å². The van der Waals surface area contributed by atoms with Crippen LogP contribution in [0.3, 0.4) is 0 Å². The van der Waals surface area contributed by atoms with Crippen LogP contribution in [0.4, 0.5) is 0 Å². The summed E-state index contributed by atoms with van der Waals surface area (Å²) in [7, 11) is -1.02. The number of carbonyl (C=O) groups is 1. The fourth-order valence-electron chi connectivity index (χ4n) is 2.17. The monoisotopic (exact) mass is 449 g/mol. The lowest BCUT2D eigenvalue weighted by Gasteiger charge is -2.17. The van der Waals surface area contributed by atoms with Gasteiger partial charge in [0.15, 0.2) is 6.23 Å². The molecule has 4 N–H and O–H groups in total. The van der Waals surface area contributed by atoms with Crippen molar-refractivity contribution in [1.82, 2.24) is 14.8 Å². The molecule has 3 atom stereocenters. The highest BCUT2D eigenvalue weighted by Gasteiger charge is 2.39. The molecule has 0 saturated carbocycles. The summed E-state index contributed by atoms with van der Waals surface area (Å²) < 4.78 is 12.6. The number of primary amides is 1. The maximum Gasteiger partial charge on any atom is 0.298 e. The molecule has 1 amide bonds. The Labute approximate surface area is 182 Å². The molecule has 1 aromatic heterocycles. The fraction of sp³-hybridized carbons (Fsp3) is 0.750. The van der Waals surface area contributed by atoms with Crippen molar-refractivity contribution in [2.45, 2.75) is 92.3 Å². The molecule has 0 radical (unpaired) electrons. The number of hydrogen-bond donors (Lipinski definition) is 3. The first-order chi connectivity index (χ1) is 14.1. The number of amides is 1. The molecule has 30 heavy (non-hydrogen) atoms. The highest BCUT2D eigenvalue weighted by Crippen LogP contribution is 2.61. The molecule has 2 heterocycles. The zero-order chi connectivity index (χ0) is 23.9. The normalized spacial score (nSPS) is 19.9. The minimum atomic E-state index is -2.53. The molecule has 1 fully saturated rings. The predicted octanol–water partition coefficient (Wildman–Crippen LogP) is 3.90. The molecule has 1 unspecified atom stereocenters. The minimum Gasteiger partial charge on any atom is -0.394 e. The lowest BCUT2D eigenvalue weighted by molar-refractivity contribution is 0.0149. The van der Waals surface area contributed by atoms with Crippen molar-refractivity contribution in [1.29, 1.82) is 0 Å². The van der Waals surface area contributed by atoms with E-state index in [4.69, 9.17) is 20.1 Å². The first-order valence-corrected chi connectivity index (χ1v) is 12.3. The number of aromatic nitrogens is 3. The molecule has 9 nitrogen and oxygen atoms in total. The number of rotatable bonds is 6. The van der Waals surface area contributed by atoms with E-state index in [1.54, 1.807) is 19.7 Å². The zero-order valence-electron chi connectivity index (χ0n) is 19.9. The topological polar surface area (TPSA) is 133 Å². The SMILES string of the molecule is CC.CC.CC(C)O.CO[P+](O)(/C=C/[C@@H]1CC[C@H](n2cnc(C(N)=O)n2)O1)C(C)C. The number of aliphatic hydroxyl groups is 1. The lowest BCUT2D eigenvalue weighted by atomic mass is 10.2. The van der Waals surface area contributed by atoms with E-state index >= 15 is 0 Å². The van der Waals surface area contributed by atoms with Gasteiger partial charge in [-0.15, -0.1) is 5.10 Å². The predicted molar refractivity (Wildman–Crippen MR) is 122 cm³/mol. The van der Waals surface area contributed by atoms with Crippen molar-refractivity contribution in [3.8, 4) is 0 Å². The summed E-state index contributed by atoms with van der Waals surface area (Å²) >= 11 is 0. The van der Waals surface area contributed by atoms with Crippen molar-refractivity contribution in [3.63, 3.8) is 0 Å². The summed E-state index contributed by atoms with van der Waals surface area (Å²) in [6.07, 6.45) is 4.21. The molecule has 1 aromatic rings. The van der Waals surface area contributed by atoms with Crippen LogP contribution in [-0.2, 0) is 9.26 Å². The number of hydrogen-bond acceptors (Lipinski definition) is 7. The van der Waals surface area contributed by atoms with Gasteiger partial charge in [-0.05, 0) is 46.6 Å². The van der Waals surface area contributed by atoms with Crippen molar-refractivity contribution in [2.75, 3.05) is 7.11 Å². The molecule has 0 spiro atoms. The van der Waals surface area contributed by atoms with Crippen LogP contribution in [-0.4, -0.2) is 55.6 Å². The van der Waals surface area contributed by atoms with Crippen molar-refractivity contribution in [2.24, 2.45) is 5.73 Å². The maximum absolute atomic E-state index is 11.0. The first-order valence-electron chi connectivity index (χ1n) is 10.5. The molecule has 1 aliphatic rings. The number of carbonyl (C=O) groups excluding carboxylic acids is 1. The molecular weight excluding hydrogens is 407 g/mol. The Morgan fingerprint density at radius 2 is 1.83 bits per heavy atom. The maximum atomic E-state index is 11.0. The quantitative estimate of drug-likeness (QED) is 0.561. The van der Waals surface area contributed by atoms with Gasteiger partial charge < -0.3 is 15.6 Å². The van der Waals surface area contributed by atoms with E-state index in [-0.39, 0.29) is 29.9 Å². The van der Waals surface area contributed by atoms with Gasteiger partial charge in [0, 0.05) is 6.10 Å². The molecule has 176 valence electrons. The number of nitrogens with zero attached hydrogens (tertiary/aromatic N) is 3. The minimum absolute atomic E-state index is 0.0258. The Bertz CT molecular complexity index is 607. The second-order valence-electron chi connectivity index (χ2n) is 6.50. The van der Waals surface area contributed by atoms with E-state index in [2.05, 4.69) is 10.1 Å². The van der Waals surface area contributed by atoms with Gasteiger partial charge in [-0.25, -0.2) is 19.1 Å². The van der Waals surface area contributed by atoms with Crippen molar-refractivity contribution in [3.05, 3.63) is 24.0 Å². The summed E-state index contributed by atoms with van der Waals surface area (Å²) in [6.45, 7) is 15.3. The molecule has 0 aromatic carbocycles. The molecule has 1 aliphatic heterocycles. The smallest absolute Gasteiger partial charge is 0.298 e. The van der Waals surface area contributed by atoms with Crippen LogP contribution in [0.2, 0.25) is 0 Å². The third-order valence-electron chi connectivity index (χ3n) is 3.60. The molecule has 10 heteroatoms. The summed E-state index contributed by atoms with van der Waals surface area (Å²) in [5.74, 6) is 1.03. The van der Waals surface area contributed by atoms with E-state index in [9.17, 15) is 9.69 Å². The Hall–Kier alpha value is -1.38. The van der Waals surface area contributed by atoms with Crippen LogP contribution in [0.25, 0.3) is 0 Å². The van der Waals surface area contributed by atoms with E-state index < -0.39 is 13.6 Å². The van der Waals surface area contributed by atoms with Crippen LogP contribution < -0.4 is 5.73 Å². The standard InChI is InChI=1S/C13H21N4O4P.C3H8O.2C2H6/c1-9(2)22(19,20-3)7-6-10-4-5-11(21-10)17-8-15-13(16-17)12(14)18;1-3(2)4;2*1-2/h6-11,19H,4-5H2,1-3H3,(H-,14,18);3-4H,1-2H3;2*1-2H3/p+1/b7-6+;;;/t10-,11+,22?;;;/m0.../s1. The van der Waals surface area contributed by atoms with Gasteiger partial charge in [0.05, 0.1) is 13.2 Å². The largest absolute Gasteiger partial charge is 0.394 e.